The van der Waals surface area contributed by atoms with Crippen molar-refractivity contribution in [3.05, 3.63) is 24.3 Å². The Labute approximate surface area is 152 Å². The van der Waals surface area contributed by atoms with Gasteiger partial charge in [0.1, 0.15) is 23.9 Å². The lowest BCUT2D eigenvalue weighted by Crippen LogP contribution is -2.53. The zero-order valence-electron chi connectivity index (χ0n) is 15.4. The van der Waals surface area contributed by atoms with Crippen molar-refractivity contribution in [3.8, 4) is 0 Å². The molecule has 0 bridgehead atoms. The molecule has 3 aliphatic rings. The van der Waals surface area contributed by atoms with Gasteiger partial charge in [-0.2, -0.15) is 0 Å². The van der Waals surface area contributed by atoms with Gasteiger partial charge in [0.15, 0.2) is 17.9 Å². The van der Waals surface area contributed by atoms with E-state index < -0.39 is 47.7 Å². The molecule has 3 rings (SSSR count). The molecule has 0 aromatic rings. The molecule has 3 saturated heterocycles. The van der Waals surface area contributed by atoms with Crippen LogP contribution in [0.4, 0.5) is 0 Å². The third-order valence-electron chi connectivity index (χ3n) is 4.62. The summed E-state index contributed by atoms with van der Waals surface area (Å²) in [5, 5.41) is 20.1. The summed E-state index contributed by atoms with van der Waals surface area (Å²) in [6, 6.07) is 0. The number of aliphatic carboxylic acids is 1. The number of ether oxygens (including phenoxy) is 5. The second-order valence-corrected chi connectivity index (χ2v) is 7.67. The summed E-state index contributed by atoms with van der Waals surface area (Å²) in [5.74, 6) is -2.66. The second kappa shape index (κ2) is 6.70. The van der Waals surface area contributed by atoms with Crippen LogP contribution < -0.4 is 0 Å². The molecule has 2 N–H and O–H groups in total. The highest BCUT2D eigenvalue weighted by molar-refractivity contribution is 5.80. The average Bonchev–Trinajstić information content (AvgIpc) is 3.09. The largest absolute Gasteiger partial charge is 0.478 e. The van der Waals surface area contributed by atoms with Gasteiger partial charge in [0.05, 0.1) is 6.61 Å². The molecule has 146 valence electrons. The van der Waals surface area contributed by atoms with Gasteiger partial charge in [-0.25, -0.2) is 4.79 Å². The number of fused-ring (bicyclic) bond motifs is 1. The van der Waals surface area contributed by atoms with Crippen LogP contribution in [0.5, 0.6) is 0 Å². The first-order chi connectivity index (χ1) is 12.0. The number of carbonyl (C=O) groups is 1. The van der Waals surface area contributed by atoms with E-state index in [-0.39, 0.29) is 13.0 Å². The summed E-state index contributed by atoms with van der Waals surface area (Å²) in [7, 11) is 0. The Hall–Kier alpha value is -1.29. The van der Waals surface area contributed by atoms with E-state index in [1.165, 1.54) is 6.08 Å². The Bertz CT molecular complexity index is 610. The Balaban J connectivity index is 1.79. The van der Waals surface area contributed by atoms with Crippen molar-refractivity contribution in [1.82, 2.24) is 0 Å². The maximum atomic E-state index is 11.4. The van der Waals surface area contributed by atoms with E-state index in [1.807, 2.05) is 0 Å². The van der Waals surface area contributed by atoms with Gasteiger partial charge in [-0.05, 0) is 34.1 Å². The number of allylic oxidation sites excluding steroid dienone is 2. The fourth-order valence-corrected chi connectivity index (χ4v) is 3.57. The summed E-state index contributed by atoms with van der Waals surface area (Å²) in [4.78, 5) is 10.5. The van der Waals surface area contributed by atoms with Gasteiger partial charge in [-0.1, -0.05) is 18.2 Å². The smallest absolute Gasteiger partial charge is 0.328 e. The number of hydrogen-bond acceptors (Lipinski definition) is 7. The van der Waals surface area contributed by atoms with Crippen LogP contribution in [-0.2, 0) is 28.5 Å². The summed E-state index contributed by atoms with van der Waals surface area (Å²) in [5.41, 5.74) is -1.40. The first-order valence-corrected chi connectivity index (χ1v) is 8.64. The molecule has 0 aromatic carbocycles. The minimum atomic E-state index is -1.40. The van der Waals surface area contributed by atoms with Crippen LogP contribution in [0.3, 0.4) is 0 Å². The number of carboxylic acid groups (broad SMARTS) is 1. The van der Waals surface area contributed by atoms with Crippen molar-refractivity contribution in [2.24, 2.45) is 0 Å². The van der Waals surface area contributed by atoms with E-state index in [0.29, 0.717) is 0 Å². The van der Waals surface area contributed by atoms with Crippen LogP contribution in [0.1, 0.15) is 34.1 Å². The van der Waals surface area contributed by atoms with E-state index in [1.54, 1.807) is 39.8 Å². The number of rotatable bonds is 5. The molecule has 0 spiro atoms. The molecule has 8 heteroatoms. The third-order valence-corrected chi connectivity index (χ3v) is 4.62. The quantitative estimate of drug-likeness (QED) is 0.552. The molecule has 0 saturated carbocycles. The van der Waals surface area contributed by atoms with Gasteiger partial charge in [0.2, 0.25) is 0 Å². The molecule has 0 aromatic heterocycles. The summed E-state index contributed by atoms with van der Waals surface area (Å²) < 4.78 is 29.1. The predicted octanol–water partition coefficient (Wildman–Crippen LogP) is 1.33. The summed E-state index contributed by atoms with van der Waals surface area (Å²) in [6.45, 7) is 7.40. The van der Waals surface area contributed by atoms with E-state index in [0.717, 1.165) is 6.08 Å². The average molecular weight is 370 g/mol. The van der Waals surface area contributed by atoms with Crippen molar-refractivity contribution in [1.29, 1.82) is 0 Å². The fraction of sp³-hybridized carbons (Fsp3) is 0.722. The van der Waals surface area contributed by atoms with Crippen LogP contribution in [0.25, 0.3) is 0 Å². The van der Waals surface area contributed by atoms with Crippen molar-refractivity contribution in [2.75, 3.05) is 6.61 Å². The van der Waals surface area contributed by atoms with Gasteiger partial charge in [0, 0.05) is 6.08 Å². The predicted molar refractivity (Wildman–Crippen MR) is 89.1 cm³/mol. The highest BCUT2D eigenvalue weighted by Crippen LogP contribution is 2.47. The van der Waals surface area contributed by atoms with Crippen LogP contribution in [0.2, 0.25) is 0 Å². The maximum Gasteiger partial charge on any atom is 0.328 e. The topological polar surface area (TPSA) is 104 Å². The van der Waals surface area contributed by atoms with Gasteiger partial charge < -0.3 is 33.9 Å². The summed E-state index contributed by atoms with van der Waals surface area (Å²) in [6.07, 6.45) is 3.24. The molecule has 3 aliphatic heterocycles. The Kier molecular flexibility index (Phi) is 5.02. The molecule has 0 aliphatic carbocycles. The van der Waals surface area contributed by atoms with Crippen LogP contribution in [0, 0.1) is 0 Å². The summed E-state index contributed by atoms with van der Waals surface area (Å²) >= 11 is 0. The Morgan fingerprint density at radius 1 is 1.08 bits per heavy atom. The standard InChI is InChI=1S/C18H26O8/c1-16(2)22-10-11(24-16)13-18(21,9-7-5-6-8-12(19)20)14-15(23-13)26-17(3,4)25-14/h5-8,11,13-15,21H,9-10H2,1-4H3,(H,19,20)/b7-5+,8-6+/t11-,13-,14+,15-,18-/m1/s1. The fourth-order valence-electron chi connectivity index (χ4n) is 3.57. The lowest BCUT2D eigenvalue weighted by Gasteiger charge is -2.35. The number of hydrogen-bond donors (Lipinski definition) is 2. The molecule has 5 atom stereocenters. The molecule has 8 nitrogen and oxygen atoms in total. The van der Waals surface area contributed by atoms with Gasteiger partial charge in [0.25, 0.3) is 0 Å². The minimum Gasteiger partial charge on any atom is -0.478 e. The first kappa shape index (κ1) is 19.5. The van der Waals surface area contributed by atoms with Crippen LogP contribution >= 0.6 is 0 Å². The SMILES string of the molecule is CC1(C)OC[C@H]([C@H]2O[C@@H]3OC(C)(C)O[C@@H]3[C@@]2(O)C/C=C/C=C/C(=O)O)O1. The van der Waals surface area contributed by atoms with Crippen LogP contribution in [0.15, 0.2) is 24.3 Å². The lowest BCUT2D eigenvalue weighted by atomic mass is 9.86. The highest BCUT2D eigenvalue weighted by atomic mass is 16.8. The number of aliphatic hydroxyl groups is 1. The number of carboxylic acids is 1. The van der Waals surface area contributed by atoms with E-state index in [2.05, 4.69) is 0 Å². The highest BCUT2D eigenvalue weighted by Gasteiger charge is 2.65. The molecule has 3 fully saturated rings. The first-order valence-electron chi connectivity index (χ1n) is 8.64. The van der Waals surface area contributed by atoms with Crippen molar-refractivity contribution < 1.29 is 38.7 Å². The van der Waals surface area contributed by atoms with E-state index >= 15 is 0 Å². The van der Waals surface area contributed by atoms with Gasteiger partial charge in [-0.3, -0.25) is 0 Å². The maximum absolute atomic E-state index is 11.4. The molecule has 0 unspecified atom stereocenters. The molecule has 3 heterocycles. The second-order valence-electron chi connectivity index (χ2n) is 7.67. The zero-order chi connectivity index (χ0) is 19.2. The zero-order valence-corrected chi connectivity index (χ0v) is 15.4. The van der Waals surface area contributed by atoms with Crippen molar-refractivity contribution in [2.45, 2.75) is 75.9 Å². The lowest BCUT2D eigenvalue weighted by molar-refractivity contribution is -0.247. The Morgan fingerprint density at radius 3 is 2.42 bits per heavy atom. The normalized spacial score (nSPS) is 41.3. The van der Waals surface area contributed by atoms with E-state index in [9.17, 15) is 9.90 Å². The molecule has 26 heavy (non-hydrogen) atoms. The van der Waals surface area contributed by atoms with Gasteiger partial charge >= 0.3 is 5.97 Å². The molecule has 0 radical (unpaired) electrons. The molecular weight excluding hydrogens is 344 g/mol. The minimum absolute atomic E-state index is 0.183. The van der Waals surface area contributed by atoms with E-state index in [4.69, 9.17) is 28.8 Å². The van der Waals surface area contributed by atoms with Crippen molar-refractivity contribution in [3.63, 3.8) is 0 Å². The van der Waals surface area contributed by atoms with Crippen molar-refractivity contribution >= 4 is 5.97 Å². The molecule has 0 amide bonds. The van der Waals surface area contributed by atoms with Crippen LogP contribution in [-0.4, -0.2) is 64.6 Å². The Morgan fingerprint density at radius 2 is 1.81 bits per heavy atom. The van der Waals surface area contributed by atoms with Gasteiger partial charge in [-0.15, -0.1) is 0 Å². The monoisotopic (exact) mass is 370 g/mol. The molecular formula is C18H26O8. The third kappa shape index (κ3) is 3.85.